The zero-order valence-corrected chi connectivity index (χ0v) is 15.5. The van der Waals surface area contributed by atoms with Gasteiger partial charge in [0.05, 0.1) is 25.5 Å². The molecular weight excluding hydrogens is 346 g/mol. The first-order chi connectivity index (χ1) is 13.2. The Morgan fingerprint density at radius 1 is 1.19 bits per heavy atom. The Kier molecular flexibility index (Phi) is 7.15. The highest BCUT2D eigenvalue weighted by molar-refractivity contribution is 5.53. The smallest absolute Gasteiger partial charge is 0.228 e. The van der Waals surface area contributed by atoms with Crippen molar-refractivity contribution in [3.8, 4) is 11.4 Å². The van der Waals surface area contributed by atoms with Crippen molar-refractivity contribution in [2.45, 2.75) is 26.0 Å². The van der Waals surface area contributed by atoms with Gasteiger partial charge in [-0.3, -0.25) is 4.90 Å². The number of aliphatic hydroxyl groups is 1. The molecule has 0 fully saturated rings. The molecule has 0 unspecified atom stereocenters. The summed E-state index contributed by atoms with van der Waals surface area (Å²) in [7, 11) is 0. The van der Waals surface area contributed by atoms with Crippen LogP contribution in [0.1, 0.15) is 18.6 Å². The van der Waals surface area contributed by atoms with Gasteiger partial charge in [-0.05, 0) is 19.1 Å². The van der Waals surface area contributed by atoms with E-state index in [4.69, 9.17) is 13.7 Å². The first-order valence-electron chi connectivity index (χ1n) is 9.13. The van der Waals surface area contributed by atoms with Crippen LogP contribution in [-0.2, 0) is 17.7 Å². The Bertz CT molecular complexity index is 774. The number of benzene rings is 1. The maximum Gasteiger partial charge on any atom is 0.228 e. The van der Waals surface area contributed by atoms with Crippen LogP contribution in [0.2, 0.25) is 0 Å². The number of nitrogens with zero attached hydrogens (tertiary/aromatic N) is 3. The normalized spacial score (nSPS) is 12.6. The lowest BCUT2D eigenvalue weighted by Crippen LogP contribution is -2.36. The van der Waals surface area contributed by atoms with Gasteiger partial charge in [0.15, 0.2) is 0 Å². The van der Waals surface area contributed by atoms with Gasteiger partial charge in [0.1, 0.15) is 5.76 Å². The predicted molar refractivity (Wildman–Crippen MR) is 99.9 cm³/mol. The minimum Gasteiger partial charge on any atom is -0.468 e. The molecule has 0 bridgehead atoms. The number of furan rings is 1. The van der Waals surface area contributed by atoms with Gasteiger partial charge in [-0.2, -0.15) is 4.98 Å². The molecule has 0 aliphatic rings. The summed E-state index contributed by atoms with van der Waals surface area (Å²) in [5, 5.41) is 14.2. The number of hydrogen-bond acceptors (Lipinski definition) is 7. The molecule has 0 saturated carbocycles. The Balaban J connectivity index is 1.59. The third kappa shape index (κ3) is 6.02. The summed E-state index contributed by atoms with van der Waals surface area (Å²) < 4.78 is 16.1. The molecule has 2 aromatic heterocycles. The van der Waals surface area contributed by atoms with Crippen LogP contribution < -0.4 is 0 Å². The van der Waals surface area contributed by atoms with E-state index in [2.05, 4.69) is 15.0 Å². The van der Waals surface area contributed by atoms with Crippen molar-refractivity contribution < 1.29 is 18.8 Å². The van der Waals surface area contributed by atoms with Crippen molar-refractivity contribution in [3.63, 3.8) is 0 Å². The van der Waals surface area contributed by atoms with Crippen LogP contribution in [0.4, 0.5) is 0 Å². The van der Waals surface area contributed by atoms with Gasteiger partial charge in [-0.1, -0.05) is 35.5 Å². The lowest BCUT2D eigenvalue weighted by molar-refractivity contribution is 0.0183. The third-order valence-electron chi connectivity index (χ3n) is 4.08. The van der Waals surface area contributed by atoms with E-state index in [1.54, 1.807) is 6.26 Å². The molecule has 1 atom stereocenters. The minimum absolute atomic E-state index is 0.309. The number of aliphatic hydroxyl groups excluding tert-OH is 1. The van der Waals surface area contributed by atoms with Gasteiger partial charge in [0.25, 0.3) is 0 Å². The molecule has 0 saturated heterocycles. The van der Waals surface area contributed by atoms with Gasteiger partial charge in [-0.15, -0.1) is 0 Å². The van der Waals surface area contributed by atoms with E-state index in [1.165, 1.54) is 0 Å². The number of aromatic nitrogens is 2. The molecule has 0 amide bonds. The number of rotatable bonds is 11. The summed E-state index contributed by atoms with van der Waals surface area (Å²) in [5.74, 6) is 1.99. The molecule has 0 aliphatic carbocycles. The Morgan fingerprint density at radius 3 is 2.78 bits per heavy atom. The Hall–Kier alpha value is -2.48. The molecule has 144 valence electrons. The molecule has 7 heteroatoms. The van der Waals surface area contributed by atoms with E-state index in [-0.39, 0.29) is 0 Å². The summed E-state index contributed by atoms with van der Waals surface area (Å²) in [6.45, 7) is 4.52. The lowest BCUT2D eigenvalue weighted by atomic mass is 10.2. The highest BCUT2D eigenvalue weighted by atomic mass is 16.5. The second-order valence-electron chi connectivity index (χ2n) is 6.26. The lowest BCUT2D eigenvalue weighted by Gasteiger charge is -2.23. The van der Waals surface area contributed by atoms with Gasteiger partial charge in [0, 0.05) is 31.7 Å². The Labute approximate surface area is 158 Å². The van der Waals surface area contributed by atoms with Gasteiger partial charge < -0.3 is 18.8 Å². The molecule has 0 radical (unpaired) electrons. The van der Waals surface area contributed by atoms with Crippen LogP contribution in [0.5, 0.6) is 0 Å². The molecule has 27 heavy (non-hydrogen) atoms. The second kappa shape index (κ2) is 10.0. The number of ether oxygens (including phenoxy) is 1. The van der Waals surface area contributed by atoms with E-state index in [1.807, 2.05) is 49.4 Å². The molecule has 2 heterocycles. The standard InChI is InChI=1S/C20H25N3O4/c1-2-25-15-17(24)13-23(14-18-9-6-12-26-18)11-10-19-21-20(22-27-19)16-7-4-3-5-8-16/h3-9,12,17,24H,2,10-11,13-15H2,1H3/t17-/m0/s1. The summed E-state index contributed by atoms with van der Waals surface area (Å²) in [4.78, 5) is 6.56. The highest BCUT2D eigenvalue weighted by Gasteiger charge is 2.16. The summed E-state index contributed by atoms with van der Waals surface area (Å²) >= 11 is 0. The SMILES string of the molecule is CCOC[C@@H](O)CN(CCc1nc(-c2ccccc2)no1)Cc1ccco1. The molecule has 3 aromatic rings. The van der Waals surface area contributed by atoms with Crippen molar-refractivity contribution in [1.29, 1.82) is 0 Å². The van der Waals surface area contributed by atoms with Crippen LogP contribution >= 0.6 is 0 Å². The largest absolute Gasteiger partial charge is 0.468 e. The summed E-state index contributed by atoms with van der Waals surface area (Å²) in [6.07, 6.45) is 1.67. The monoisotopic (exact) mass is 371 g/mol. The highest BCUT2D eigenvalue weighted by Crippen LogP contribution is 2.15. The van der Waals surface area contributed by atoms with Gasteiger partial charge in [-0.25, -0.2) is 0 Å². The van der Waals surface area contributed by atoms with Gasteiger partial charge in [0.2, 0.25) is 11.7 Å². The average molecular weight is 371 g/mol. The van der Waals surface area contributed by atoms with Crippen LogP contribution in [0, 0.1) is 0 Å². The van der Waals surface area contributed by atoms with Gasteiger partial charge >= 0.3 is 0 Å². The van der Waals surface area contributed by atoms with E-state index in [9.17, 15) is 5.11 Å². The van der Waals surface area contributed by atoms with Crippen LogP contribution in [0.25, 0.3) is 11.4 Å². The quantitative estimate of drug-likeness (QED) is 0.555. The fraction of sp³-hybridized carbons (Fsp3) is 0.400. The molecule has 0 spiro atoms. The van der Waals surface area contributed by atoms with Crippen molar-refractivity contribution in [2.24, 2.45) is 0 Å². The summed E-state index contributed by atoms with van der Waals surface area (Å²) in [6, 6.07) is 13.5. The van der Waals surface area contributed by atoms with Crippen LogP contribution in [0.15, 0.2) is 57.7 Å². The maximum atomic E-state index is 10.2. The predicted octanol–water partition coefficient (Wildman–Crippen LogP) is 2.77. The Morgan fingerprint density at radius 2 is 2.04 bits per heavy atom. The third-order valence-corrected chi connectivity index (χ3v) is 4.08. The zero-order chi connectivity index (χ0) is 18.9. The molecule has 0 aliphatic heterocycles. The molecule has 1 aromatic carbocycles. The fourth-order valence-electron chi connectivity index (χ4n) is 2.78. The number of hydrogen-bond donors (Lipinski definition) is 1. The first kappa shape index (κ1) is 19.3. The molecule has 7 nitrogen and oxygen atoms in total. The van der Waals surface area contributed by atoms with Crippen LogP contribution in [-0.4, -0.2) is 52.6 Å². The van der Waals surface area contributed by atoms with Crippen molar-refractivity contribution in [2.75, 3.05) is 26.3 Å². The van der Waals surface area contributed by atoms with Crippen LogP contribution in [0.3, 0.4) is 0 Å². The molecule has 1 N–H and O–H groups in total. The first-order valence-corrected chi connectivity index (χ1v) is 9.13. The maximum absolute atomic E-state index is 10.2. The van der Waals surface area contributed by atoms with Crippen molar-refractivity contribution >= 4 is 0 Å². The van der Waals surface area contributed by atoms with E-state index in [0.29, 0.717) is 51.0 Å². The molecular formula is C20H25N3O4. The van der Waals surface area contributed by atoms with Crippen molar-refractivity contribution in [3.05, 3.63) is 60.4 Å². The second-order valence-corrected chi connectivity index (χ2v) is 6.26. The van der Waals surface area contributed by atoms with E-state index in [0.717, 1.165) is 11.3 Å². The fourth-order valence-corrected chi connectivity index (χ4v) is 2.78. The van der Waals surface area contributed by atoms with Crippen molar-refractivity contribution in [1.82, 2.24) is 15.0 Å². The molecule has 3 rings (SSSR count). The summed E-state index contributed by atoms with van der Waals surface area (Å²) in [5.41, 5.74) is 0.923. The topological polar surface area (TPSA) is 84.8 Å². The zero-order valence-electron chi connectivity index (χ0n) is 15.5. The van der Waals surface area contributed by atoms with E-state index < -0.39 is 6.10 Å². The minimum atomic E-state index is -0.567. The average Bonchev–Trinajstić information content (AvgIpc) is 3.37. The van der Waals surface area contributed by atoms with E-state index >= 15 is 0 Å².